The number of nitrogens with two attached hydrogens (primary N) is 1. The molecule has 3 rings (SSSR count). The number of anilines is 1. The molecule has 0 aliphatic rings. The van der Waals surface area contributed by atoms with E-state index >= 15 is 0 Å². The van der Waals surface area contributed by atoms with Crippen LogP contribution in [0.4, 0.5) is 5.69 Å². The summed E-state index contributed by atoms with van der Waals surface area (Å²) in [6.45, 7) is 0. The fourth-order valence-electron chi connectivity index (χ4n) is 2.39. The molecular formula is C18H14NNaO3. The van der Waals surface area contributed by atoms with Crippen molar-refractivity contribution in [2.45, 2.75) is 6.42 Å². The number of aliphatic carboxylic acids is 1. The number of carboxylic acid groups (broad SMARTS) is 1. The largest absolute Gasteiger partial charge is 1.00 e. The predicted molar refractivity (Wildman–Crippen MR) is 83.6 cm³/mol. The van der Waals surface area contributed by atoms with Crippen LogP contribution in [0.2, 0.25) is 0 Å². The van der Waals surface area contributed by atoms with E-state index in [-0.39, 0.29) is 36.0 Å². The molecule has 0 radical (unpaired) electrons. The second-order valence-electron chi connectivity index (χ2n) is 4.96. The van der Waals surface area contributed by atoms with Gasteiger partial charge in [-0.1, -0.05) is 48.5 Å². The molecule has 0 aromatic heterocycles. The minimum Gasteiger partial charge on any atom is -0.550 e. The van der Waals surface area contributed by atoms with E-state index in [1.165, 1.54) is 0 Å². The zero-order valence-electron chi connectivity index (χ0n) is 12.8. The number of para-hydroxylation sites is 1. The summed E-state index contributed by atoms with van der Waals surface area (Å²) in [5, 5.41) is 12.8. The Labute approximate surface area is 156 Å². The Balaban J connectivity index is 0.00000192. The average Bonchev–Trinajstić information content (AvgIpc) is 2.51. The van der Waals surface area contributed by atoms with Crippen LogP contribution in [0, 0.1) is 0 Å². The maximum Gasteiger partial charge on any atom is 1.00 e. The van der Waals surface area contributed by atoms with Gasteiger partial charge in [0.25, 0.3) is 0 Å². The van der Waals surface area contributed by atoms with Gasteiger partial charge in [0, 0.05) is 17.8 Å². The number of benzene rings is 3. The summed E-state index contributed by atoms with van der Waals surface area (Å²) in [4.78, 5) is 10.8. The SMILES string of the molecule is Nc1c(CC(=O)[O-])cccc1Oc1cccc2ccccc12.[Na+]. The number of fused-ring (bicyclic) bond motifs is 1. The van der Waals surface area contributed by atoms with Crippen LogP contribution in [-0.2, 0) is 11.2 Å². The van der Waals surface area contributed by atoms with Crippen LogP contribution < -0.4 is 45.1 Å². The van der Waals surface area contributed by atoms with Gasteiger partial charge in [0.1, 0.15) is 5.75 Å². The van der Waals surface area contributed by atoms with Gasteiger partial charge in [-0.15, -0.1) is 0 Å². The standard InChI is InChI=1S/C18H15NO3.Na/c19-18-13(11-17(20)21)7-4-10-16(18)22-15-9-3-6-12-5-1-2-8-14(12)15;/h1-10H,11,19H2,(H,20,21);/q;+1/p-1. The number of carbonyl (C=O) groups is 1. The fraction of sp³-hybridized carbons (Fsp3) is 0.0556. The average molecular weight is 315 g/mol. The summed E-state index contributed by atoms with van der Waals surface area (Å²) < 4.78 is 5.91. The van der Waals surface area contributed by atoms with Crippen LogP contribution in [0.25, 0.3) is 10.8 Å². The topological polar surface area (TPSA) is 75.4 Å². The zero-order chi connectivity index (χ0) is 15.5. The molecule has 0 saturated carbocycles. The quantitative estimate of drug-likeness (QED) is 0.521. The van der Waals surface area contributed by atoms with Gasteiger partial charge in [-0.2, -0.15) is 0 Å². The minimum absolute atomic E-state index is 0. The van der Waals surface area contributed by atoms with Crippen molar-refractivity contribution >= 4 is 22.4 Å². The Hall–Kier alpha value is -2.01. The number of ether oxygens (including phenoxy) is 1. The van der Waals surface area contributed by atoms with Crippen molar-refractivity contribution in [1.29, 1.82) is 0 Å². The first-order valence-corrected chi connectivity index (χ1v) is 6.88. The summed E-state index contributed by atoms with van der Waals surface area (Å²) in [7, 11) is 0. The molecule has 0 atom stereocenters. The summed E-state index contributed by atoms with van der Waals surface area (Å²) in [6.07, 6.45) is -0.238. The second kappa shape index (κ2) is 7.51. The molecule has 4 nitrogen and oxygen atoms in total. The van der Waals surface area contributed by atoms with Gasteiger partial charge in [0.05, 0.1) is 5.69 Å². The van der Waals surface area contributed by atoms with E-state index in [1.807, 2.05) is 42.5 Å². The third kappa shape index (κ3) is 3.85. The van der Waals surface area contributed by atoms with Crippen LogP contribution in [0.5, 0.6) is 11.5 Å². The first kappa shape index (κ1) is 17.3. The molecule has 0 heterocycles. The van der Waals surface area contributed by atoms with Gasteiger partial charge in [-0.05, 0) is 23.1 Å². The molecule has 110 valence electrons. The molecule has 3 aromatic carbocycles. The smallest absolute Gasteiger partial charge is 0.550 e. The molecule has 0 saturated heterocycles. The maximum absolute atomic E-state index is 10.8. The number of hydrogen-bond donors (Lipinski definition) is 1. The van der Waals surface area contributed by atoms with Gasteiger partial charge in [0.2, 0.25) is 0 Å². The van der Waals surface area contributed by atoms with Crippen molar-refractivity contribution in [3.8, 4) is 11.5 Å². The predicted octanol–water partition coefficient (Wildman–Crippen LogP) is -0.489. The first-order chi connectivity index (χ1) is 10.6. The summed E-state index contributed by atoms with van der Waals surface area (Å²) >= 11 is 0. The Kier molecular flexibility index (Phi) is 5.66. The van der Waals surface area contributed by atoms with Gasteiger partial charge in [-0.25, -0.2) is 0 Å². The van der Waals surface area contributed by atoms with Gasteiger partial charge < -0.3 is 20.4 Å². The maximum atomic E-state index is 10.8. The molecule has 0 aliphatic heterocycles. The van der Waals surface area contributed by atoms with E-state index < -0.39 is 5.97 Å². The molecule has 0 fully saturated rings. The van der Waals surface area contributed by atoms with Crippen LogP contribution in [0.1, 0.15) is 5.56 Å². The van der Waals surface area contributed by atoms with Crippen molar-refractivity contribution in [3.63, 3.8) is 0 Å². The molecule has 5 heteroatoms. The molecule has 0 amide bonds. The number of carbonyl (C=O) groups excluding carboxylic acids is 1. The van der Waals surface area contributed by atoms with E-state index in [0.717, 1.165) is 10.8 Å². The van der Waals surface area contributed by atoms with Crippen molar-refractivity contribution in [3.05, 3.63) is 66.2 Å². The third-order valence-corrected chi connectivity index (χ3v) is 3.46. The zero-order valence-corrected chi connectivity index (χ0v) is 14.8. The molecule has 0 bridgehead atoms. The van der Waals surface area contributed by atoms with Crippen molar-refractivity contribution < 1.29 is 44.2 Å². The number of carboxylic acids is 1. The summed E-state index contributed by atoms with van der Waals surface area (Å²) in [5.41, 5.74) is 6.81. The Bertz CT molecular complexity index is 843. The molecule has 3 aromatic rings. The second-order valence-corrected chi connectivity index (χ2v) is 4.96. The monoisotopic (exact) mass is 315 g/mol. The van der Waals surface area contributed by atoms with Crippen molar-refractivity contribution in [1.82, 2.24) is 0 Å². The van der Waals surface area contributed by atoms with Gasteiger partial charge in [-0.3, -0.25) is 0 Å². The molecule has 2 N–H and O–H groups in total. The Morgan fingerprint density at radius 3 is 2.39 bits per heavy atom. The van der Waals surface area contributed by atoms with E-state index in [2.05, 4.69) is 0 Å². The van der Waals surface area contributed by atoms with Crippen LogP contribution in [-0.4, -0.2) is 5.97 Å². The number of hydrogen-bond acceptors (Lipinski definition) is 4. The first-order valence-electron chi connectivity index (χ1n) is 6.88. The Morgan fingerprint density at radius 1 is 0.957 bits per heavy atom. The normalized spacial score (nSPS) is 10.1. The van der Waals surface area contributed by atoms with Crippen molar-refractivity contribution in [2.75, 3.05) is 5.73 Å². The van der Waals surface area contributed by atoms with E-state index in [1.54, 1.807) is 18.2 Å². The fourth-order valence-corrected chi connectivity index (χ4v) is 2.39. The number of rotatable bonds is 4. The summed E-state index contributed by atoms with van der Waals surface area (Å²) in [6, 6.07) is 18.7. The molecule has 0 spiro atoms. The molecule has 0 unspecified atom stereocenters. The minimum atomic E-state index is -1.17. The van der Waals surface area contributed by atoms with Gasteiger partial charge >= 0.3 is 29.6 Å². The van der Waals surface area contributed by atoms with E-state index in [0.29, 0.717) is 22.7 Å². The third-order valence-electron chi connectivity index (χ3n) is 3.46. The molecular weight excluding hydrogens is 301 g/mol. The van der Waals surface area contributed by atoms with Crippen LogP contribution in [0.15, 0.2) is 60.7 Å². The van der Waals surface area contributed by atoms with Crippen molar-refractivity contribution in [2.24, 2.45) is 0 Å². The van der Waals surface area contributed by atoms with E-state index in [4.69, 9.17) is 10.5 Å². The van der Waals surface area contributed by atoms with Gasteiger partial charge in [0.15, 0.2) is 5.75 Å². The van der Waals surface area contributed by atoms with Crippen LogP contribution >= 0.6 is 0 Å². The number of nitrogen functional groups attached to an aromatic ring is 1. The molecule has 23 heavy (non-hydrogen) atoms. The van der Waals surface area contributed by atoms with Crippen LogP contribution in [0.3, 0.4) is 0 Å². The Morgan fingerprint density at radius 2 is 1.61 bits per heavy atom. The summed E-state index contributed by atoms with van der Waals surface area (Å²) in [5.74, 6) is -0.0560. The molecule has 0 aliphatic carbocycles. The van der Waals surface area contributed by atoms with E-state index in [9.17, 15) is 9.90 Å².